The quantitative estimate of drug-likeness (QED) is 0.765. The predicted octanol–water partition coefficient (Wildman–Crippen LogP) is 2.64. The van der Waals surface area contributed by atoms with Gasteiger partial charge in [-0.25, -0.2) is 4.79 Å². The number of benzene rings is 1. The second kappa shape index (κ2) is 7.07. The van der Waals surface area contributed by atoms with Crippen LogP contribution in [0.15, 0.2) is 54.9 Å². The number of nitrogens with zero attached hydrogens (tertiary/aromatic N) is 5. The third-order valence-electron chi connectivity index (χ3n) is 5.70. The van der Waals surface area contributed by atoms with E-state index in [2.05, 4.69) is 25.1 Å². The molecular weight excluding hydrogens is 352 g/mol. The van der Waals surface area contributed by atoms with E-state index < -0.39 is 0 Å². The second-order valence-corrected chi connectivity index (χ2v) is 7.43. The Bertz CT molecular complexity index is 971. The molecule has 0 radical (unpaired) electrons. The van der Waals surface area contributed by atoms with Gasteiger partial charge in [0.2, 0.25) is 0 Å². The fourth-order valence-electron chi connectivity index (χ4n) is 4.35. The summed E-state index contributed by atoms with van der Waals surface area (Å²) in [7, 11) is 0. The molecule has 2 aliphatic rings. The topological polar surface area (TPSA) is 75.9 Å². The molecule has 1 saturated heterocycles. The van der Waals surface area contributed by atoms with Gasteiger partial charge >= 0.3 is 6.03 Å². The van der Waals surface area contributed by atoms with Gasteiger partial charge in [0.15, 0.2) is 5.82 Å². The van der Waals surface area contributed by atoms with E-state index in [1.54, 1.807) is 6.20 Å². The maximum Gasteiger partial charge on any atom is 0.318 e. The van der Waals surface area contributed by atoms with Crippen molar-refractivity contribution >= 4 is 6.03 Å². The highest BCUT2D eigenvalue weighted by Gasteiger charge is 2.41. The molecule has 0 saturated carbocycles. The highest BCUT2D eigenvalue weighted by molar-refractivity contribution is 5.75. The maximum absolute atomic E-state index is 13.0. The van der Waals surface area contributed by atoms with Crippen LogP contribution in [0, 0.1) is 0 Å². The zero-order chi connectivity index (χ0) is 18.9. The van der Waals surface area contributed by atoms with Crippen molar-refractivity contribution < 1.29 is 4.79 Å². The summed E-state index contributed by atoms with van der Waals surface area (Å²) in [6, 6.07) is 14.3. The minimum absolute atomic E-state index is 0.0120. The molecule has 7 heteroatoms. The number of urea groups is 1. The Balaban J connectivity index is 1.36. The minimum atomic E-state index is 0.0120. The van der Waals surface area contributed by atoms with Crippen LogP contribution in [0.3, 0.4) is 0 Å². The lowest BCUT2D eigenvalue weighted by atomic mass is 10.1. The van der Waals surface area contributed by atoms with Crippen molar-refractivity contribution in [3.63, 3.8) is 0 Å². The highest BCUT2D eigenvalue weighted by atomic mass is 16.2. The standard InChI is InChI=1S/C21H22N6O/c28-21(23-12-15-5-2-1-3-6-15)27-17-8-9-18(27)14-26-19(11-17)24-25-20(26)16-7-4-10-22-13-16/h1-7,10,13,17-18H,8-9,11-12,14H2,(H,23,28)/t17-,18+/m0/s1. The molecule has 1 N–H and O–H groups in total. The summed E-state index contributed by atoms with van der Waals surface area (Å²) in [6.45, 7) is 1.27. The maximum atomic E-state index is 13.0. The summed E-state index contributed by atoms with van der Waals surface area (Å²) in [4.78, 5) is 19.2. The number of pyridine rings is 1. The van der Waals surface area contributed by atoms with Crippen LogP contribution in [-0.2, 0) is 19.5 Å². The van der Waals surface area contributed by atoms with Crippen LogP contribution in [0.5, 0.6) is 0 Å². The summed E-state index contributed by atoms with van der Waals surface area (Å²) in [5.41, 5.74) is 2.06. The van der Waals surface area contributed by atoms with Crippen LogP contribution >= 0.6 is 0 Å². The Kier molecular flexibility index (Phi) is 4.27. The molecule has 2 aliphatic heterocycles. The lowest BCUT2D eigenvalue weighted by Gasteiger charge is -2.28. The SMILES string of the molecule is O=C(NCc1ccccc1)N1[C@@H]2CC[C@H]1Cc1nnc(-c3cccnc3)n1C2. The molecule has 0 spiro atoms. The van der Waals surface area contributed by atoms with Gasteiger partial charge in [0.05, 0.1) is 6.04 Å². The largest absolute Gasteiger partial charge is 0.334 e. The van der Waals surface area contributed by atoms with Crippen molar-refractivity contribution in [3.8, 4) is 11.4 Å². The molecule has 0 unspecified atom stereocenters. The number of nitrogens with one attached hydrogen (secondary N) is 1. The number of carbonyl (C=O) groups excluding carboxylic acids is 1. The number of hydrogen-bond donors (Lipinski definition) is 1. The van der Waals surface area contributed by atoms with Crippen molar-refractivity contribution in [3.05, 3.63) is 66.2 Å². The van der Waals surface area contributed by atoms with Gasteiger partial charge in [-0.3, -0.25) is 4.98 Å². The van der Waals surface area contributed by atoms with E-state index >= 15 is 0 Å². The summed E-state index contributed by atoms with van der Waals surface area (Å²) >= 11 is 0. The average Bonchev–Trinajstić information content (AvgIpc) is 3.27. The number of aromatic nitrogens is 4. The van der Waals surface area contributed by atoms with E-state index in [4.69, 9.17) is 0 Å². The summed E-state index contributed by atoms with van der Waals surface area (Å²) in [5, 5.41) is 11.9. The van der Waals surface area contributed by atoms with Gasteiger partial charge in [0.1, 0.15) is 5.82 Å². The van der Waals surface area contributed by atoms with E-state index in [1.807, 2.05) is 53.6 Å². The van der Waals surface area contributed by atoms with Crippen molar-refractivity contribution in [1.82, 2.24) is 30.0 Å². The molecule has 3 aromatic rings. The fourth-order valence-corrected chi connectivity index (χ4v) is 4.35. The smallest absolute Gasteiger partial charge is 0.318 e. The number of amides is 2. The van der Waals surface area contributed by atoms with Crippen molar-refractivity contribution in [2.45, 2.75) is 44.4 Å². The van der Waals surface area contributed by atoms with Gasteiger partial charge in [0.25, 0.3) is 0 Å². The van der Waals surface area contributed by atoms with Crippen LogP contribution < -0.4 is 5.32 Å². The summed E-state index contributed by atoms with van der Waals surface area (Å²) < 4.78 is 2.16. The van der Waals surface area contributed by atoms with E-state index in [0.29, 0.717) is 6.54 Å². The van der Waals surface area contributed by atoms with Crippen LogP contribution in [0.4, 0.5) is 4.79 Å². The summed E-state index contributed by atoms with van der Waals surface area (Å²) in [6.07, 6.45) is 6.32. The molecule has 1 aromatic carbocycles. The number of fused-ring (bicyclic) bond motifs is 3. The molecule has 2 bridgehead atoms. The Labute approximate surface area is 163 Å². The molecule has 7 nitrogen and oxygen atoms in total. The van der Waals surface area contributed by atoms with Gasteiger partial charge in [-0.15, -0.1) is 10.2 Å². The van der Waals surface area contributed by atoms with E-state index in [1.165, 1.54) is 0 Å². The molecule has 2 amide bonds. The van der Waals surface area contributed by atoms with Crippen molar-refractivity contribution in [2.75, 3.05) is 0 Å². The van der Waals surface area contributed by atoms with Crippen molar-refractivity contribution in [1.29, 1.82) is 0 Å². The molecule has 0 aliphatic carbocycles. The normalized spacial score (nSPS) is 20.5. The average molecular weight is 374 g/mol. The zero-order valence-corrected chi connectivity index (χ0v) is 15.5. The third kappa shape index (κ3) is 3.02. The molecule has 5 rings (SSSR count). The Morgan fingerprint density at radius 1 is 1.07 bits per heavy atom. The molecule has 142 valence electrons. The minimum Gasteiger partial charge on any atom is -0.334 e. The Morgan fingerprint density at radius 2 is 1.93 bits per heavy atom. The van der Waals surface area contributed by atoms with Gasteiger partial charge in [-0.2, -0.15) is 0 Å². The fraction of sp³-hybridized carbons (Fsp3) is 0.333. The molecule has 28 heavy (non-hydrogen) atoms. The van der Waals surface area contributed by atoms with E-state index in [-0.39, 0.29) is 18.1 Å². The zero-order valence-electron chi connectivity index (χ0n) is 15.5. The van der Waals surface area contributed by atoms with Gasteiger partial charge < -0.3 is 14.8 Å². The lowest BCUT2D eigenvalue weighted by molar-refractivity contribution is 0.171. The first kappa shape index (κ1) is 16.9. The highest BCUT2D eigenvalue weighted by Crippen LogP contribution is 2.33. The molecule has 1 fully saturated rings. The van der Waals surface area contributed by atoms with Crippen LogP contribution in [0.1, 0.15) is 24.2 Å². The van der Waals surface area contributed by atoms with Gasteiger partial charge in [-0.1, -0.05) is 30.3 Å². The third-order valence-corrected chi connectivity index (χ3v) is 5.70. The Morgan fingerprint density at radius 3 is 2.75 bits per heavy atom. The molecule has 4 heterocycles. The van der Waals surface area contributed by atoms with Crippen molar-refractivity contribution in [2.24, 2.45) is 0 Å². The second-order valence-electron chi connectivity index (χ2n) is 7.43. The summed E-state index contributed by atoms with van der Waals surface area (Å²) in [5.74, 6) is 1.78. The monoisotopic (exact) mass is 374 g/mol. The van der Waals surface area contributed by atoms with Crippen LogP contribution in [-0.4, -0.2) is 42.8 Å². The number of hydrogen-bond acceptors (Lipinski definition) is 4. The molecular formula is C21H22N6O. The lowest BCUT2D eigenvalue weighted by Crippen LogP contribution is -2.47. The van der Waals surface area contributed by atoms with E-state index in [0.717, 1.165) is 48.6 Å². The molecule has 2 atom stereocenters. The van der Waals surface area contributed by atoms with Crippen LogP contribution in [0.2, 0.25) is 0 Å². The predicted molar refractivity (Wildman–Crippen MR) is 104 cm³/mol. The first-order valence-corrected chi connectivity index (χ1v) is 9.72. The van der Waals surface area contributed by atoms with Crippen LogP contribution in [0.25, 0.3) is 11.4 Å². The number of carbonyl (C=O) groups is 1. The molecule has 2 aromatic heterocycles. The Hall–Kier alpha value is -3.22. The first-order valence-electron chi connectivity index (χ1n) is 9.72. The first-order chi connectivity index (χ1) is 13.8. The van der Waals surface area contributed by atoms with Gasteiger partial charge in [0, 0.05) is 43.5 Å². The van der Waals surface area contributed by atoms with E-state index in [9.17, 15) is 4.79 Å². The van der Waals surface area contributed by atoms with Gasteiger partial charge in [-0.05, 0) is 30.5 Å². The number of rotatable bonds is 3.